The van der Waals surface area contributed by atoms with Crippen molar-refractivity contribution < 1.29 is 21.9 Å². The van der Waals surface area contributed by atoms with Crippen molar-refractivity contribution in [2.24, 2.45) is 0 Å². The van der Waals surface area contributed by atoms with Crippen LogP contribution in [0.4, 0.5) is 0 Å². The van der Waals surface area contributed by atoms with E-state index in [2.05, 4.69) is 0 Å². The molecule has 1 rings (SSSR count). The molecule has 1 aliphatic rings. The summed E-state index contributed by atoms with van der Waals surface area (Å²) >= 11 is 1.44. The first-order valence-corrected chi connectivity index (χ1v) is 9.88. The summed E-state index contributed by atoms with van der Waals surface area (Å²) in [4.78, 5) is 0. The highest BCUT2D eigenvalue weighted by Gasteiger charge is 2.37. The third-order valence-electron chi connectivity index (χ3n) is 2.45. The predicted molar refractivity (Wildman–Crippen MR) is 68.2 cm³/mol. The van der Waals surface area contributed by atoms with Crippen molar-refractivity contribution in [1.82, 2.24) is 4.31 Å². The van der Waals surface area contributed by atoms with Gasteiger partial charge in [0.15, 0.2) is 9.84 Å². The third kappa shape index (κ3) is 4.09. The quantitative estimate of drug-likeness (QED) is 0.709. The number of sulfone groups is 1. The highest BCUT2D eigenvalue weighted by atomic mass is 32.2. The van der Waals surface area contributed by atoms with Crippen molar-refractivity contribution in [2.75, 3.05) is 36.7 Å². The zero-order chi connectivity index (χ0) is 13.1. The summed E-state index contributed by atoms with van der Waals surface area (Å²) < 4.78 is 48.0. The Morgan fingerprint density at radius 1 is 1.35 bits per heavy atom. The molecule has 102 valence electrons. The Kier molecular flexibility index (Phi) is 5.26. The zero-order valence-corrected chi connectivity index (χ0v) is 12.0. The van der Waals surface area contributed by atoms with Gasteiger partial charge in [-0.15, -0.1) is 0 Å². The van der Waals surface area contributed by atoms with Crippen LogP contribution in [-0.4, -0.2) is 68.3 Å². The van der Waals surface area contributed by atoms with E-state index >= 15 is 0 Å². The van der Waals surface area contributed by atoms with E-state index in [9.17, 15) is 16.8 Å². The largest absolute Gasteiger partial charge is 0.396 e. The molecule has 1 N–H and O–H groups in total. The topological polar surface area (TPSA) is 91.8 Å². The van der Waals surface area contributed by atoms with Gasteiger partial charge in [0.2, 0.25) is 10.0 Å². The fraction of sp³-hybridized carbons (Fsp3) is 1.00. The van der Waals surface area contributed by atoms with E-state index in [0.717, 1.165) is 10.6 Å². The molecular formula is C8H17NO5S3. The second-order valence-electron chi connectivity index (χ2n) is 3.86. The normalized spacial score (nSPS) is 23.8. The minimum atomic E-state index is -3.60. The average molecular weight is 303 g/mol. The lowest BCUT2D eigenvalue weighted by atomic mass is 10.5. The van der Waals surface area contributed by atoms with E-state index in [1.165, 1.54) is 11.8 Å². The molecule has 6 nitrogen and oxygen atoms in total. The van der Waals surface area contributed by atoms with E-state index in [1.54, 1.807) is 0 Å². The van der Waals surface area contributed by atoms with Crippen LogP contribution in [-0.2, 0) is 19.9 Å². The lowest BCUT2D eigenvalue weighted by Crippen LogP contribution is -2.50. The van der Waals surface area contributed by atoms with Crippen molar-refractivity contribution in [3.8, 4) is 0 Å². The Hall–Kier alpha value is 0.170. The predicted octanol–water partition coefficient (Wildman–Crippen LogP) is -0.882. The van der Waals surface area contributed by atoms with Crippen LogP contribution < -0.4 is 0 Å². The Balaban J connectivity index is 2.92. The summed E-state index contributed by atoms with van der Waals surface area (Å²) in [5.41, 5.74) is 0. The van der Waals surface area contributed by atoms with E-state index in [-0.39, 0.29) is 31.1 Å². The van der Waals surface area contributed by atoms with E-state index in [1.807, 2.05) is 0 Å². The Morgan fingerprint density at radius 2 is 2.00 bits per heavy atom. The second-order valence-corrected chi connectivity index (χ2v) is 9.26. The van der Waals surface area contributed by atoms with Gasteiger partial charge >= 0.3 is 0 Å². The molecule has 0 aromatic heterocycles. The molecule has 0 aromatic rings. The summed E-state index contributed by atoms with van der Waals surface area (Å²) in [5, 5.41) is 7.68. The van der Waals surface area contributed by atoms with Crippen LogP contribution in [0.25, 0.3) is 0 Å². The third-order valence-corrected chi connectivity index (χ3v) is 7.18. The maximum Gasteiger partial charge on any atom is 0.215 e. The van der Waals surface area contributed by atoms with Gasteiger partial charge in [0.1, 0.15) is 5.37 Å². The van der Waals surface area contributed by atoms with E-state index < -0.39 is 25.2 Å². The first kappa shape index (κ1) is 15.2. The molecule has 0 bridgehead atoms. The second kappa shape index (κ2) is 5.87. The molecule has 0 amide bonds. The van der Waals surface area contributed by atoms with Crippen LogP contribution in [0.1, 0.15) is 6.42 Å². The minimum absolute atomic E-state index is 0.127. The van der Waals surface area contributed by atoms with Crippen molar-refractivity contribution in [3.63, 3.8) is 0 Å². The van der Waals surface area contributed by atoms with Gasteiger partial charge < -0.3 is 5.11 Å². The lowest BCUT2D eigenvalue weighted by Gasteiger charge is -2.32. The molecule has 1 aliphatic heterocycles. The fourth-order valence-corrected chi connectivity index (χ4v) is 6.87. The molecule has 0 aromatic carbocycles. The van der Waals surface area contributed by atoms with Gasteiger partial charge in [-0.1, -0.05) is 0 Å². The number of hydrogen-bond donors (Lipinski definition) is 1. The maximum absolute atomic E-state index is 11.9. The first-order chi connectivity index (χ1) is 7.79. The average Bonchev–Trinajstić information content (AvgIpc) is 2.25. The minimum Gasteiger partial charge on any atom is -0.396 e. The van der Waals surface area contributed by atoms with Crippen molar-refractivity contribution in [3.05, 3.63) is 0 Å². The molecule has 0 spiro atoms. The number of aliphatic hydroxyl groups excluding tert-OH is 1. The molecular weight excluding hydrogens is 286 g/mol. The summed E-state index contributed by atoms with van der Waals surface area (Å²) in [5.74, 6) is 0.668. The standard InChI is InChI=1S/C8H17NO5S3/c1-16(11,12)8-7-15-5-3-9(8)17(13,14)6-2-4-10/h8,10H,2-7H2,1H3. The summed E-state index contributed by atoms with van der Waals surface area (Å²) in [6.45, 7) is 0.00151. The molecule has 1 fully saturated rings. The molecule has 1 atom stereocenters. The van der Waals surface area contributed by atoms with Gasteiger partial charge in [-0.2, -0.15) is 16.1 Å². The molecule has 0 saturated carbocycles. The van der Waals surface area contributed by atoms with Crippen molar-refractivity contribution >= 4 is 31.6 Å². The summed E-state index contributed by atoms with van der Waals surface area (Å²) in [6.07, 6.45) is 1.18. The van der Waals surface area contributed by atoms with Crippen LogP contribution in [0, 0.1) is 0 Å². The van der Waals surface area contributed by atoms with Crippen LogP contribution >= 0.6 is 11.8 Å². The molecule has 1 saturated heterocycles. The van der Waals surface area contributed by atoms with Gasteiger partial charge in [0.25, 0.3) is 0 Å². The highest BCUT2D eigenvalue weighted by molar-refractivity contribution is 8.01. The summed E-state index contributed by atoms with van der Waals surface area (Å²) in [6, 6.07) is 0. The zero-order valence-electron chi connectivity index (χ0n) is 9.57. The van der Waals surface area contributed by atoms with Crippen LogP contribution in [0.5, 0.6) is 0 Å². The molecule has 17 heavy (non-hydrogen) atoms. The van der Waals surface area contributed by atoms with Gasteiger partial charge in [0, 0.05) is 30.9 Å². The number of hydrogen-bond acceptors (Lipinski definition) is 6. The molecule has 0 aliphatic carbocycles. The van der Waals surface area contributed by atoms with Crippen molar-refractivity contribution in [1.29, 1.82) is 0 Å². The van der Waals surface area contributed by atoms with Gasteiger partial charge in [-0.3, -0.25) is 0 Å². The SMILES string of the molecule is CS(=O)(=O)C1CSCCN1S(=O)(=O)CCCO. The van der Waals surface area contributed by atoms with Gasteiger partial charge in [-0.25, -0.2) is 16.8 Å². The number of rotatable bonds is 5. The molecule has 1 unspecified atom stereocenters. The number of nitrogens with zero attached hydrogens (tertiary/aromatic N) is 1. The number of thioether (sulfide) groups is 1. The van der Waals surface area contributed by atoms with Crippen LogP contribution in [0.2, 0.25) is 0 Å². The molecule has 1 heterocycles. The molecule has 9 heteroatoms. The Bertz CT molecular complexity index is 444. The molecule has 0 radical (unpaired) electrons. The monoisotopic (exact) mass is 303 g/mol. The first-order valence-electron chi connectivity index (χ1n) is 5.16. The van der Waals surface area contributed by atoms with Gasteiger partial charge in [0.05, 0.1) is 5.75 Å². The van der Waals surface area contributed by atoms with Gasteiger partial charge in [-0.05, 0) is 6.42 Å². The lowest BCUT2D eigenvalue weighted by molar-refractivity contribution is 0.293. The van der Waals surface area contributed by atoms with E-state index in [0.29, 0.717) is 5.75 Å². The fourth-order valence-electron chi connectivity index (χ4n) is 1.59. The smallest absolute Gasteiger partial charge is 0.215 e. The number of aliphatic hydroxyl groups is 1. The summed E-state index contributed by atoms with van der Waals surface area (Å²) in [7, 11) is -7.02. The maximum atomic E-state index is 11.9. The van der Waals surface area contributed by atoms with Crippen molar-refractivity contribution in [2.45, 2.75) is 11.8 Å². The van der Waals surface area contributed by atoms with Crippen LogP contribution in [0.3, 0.4) is 0 Å². The Labute approximate surface area is 106 Å². The van der Waals surface area contributed by atoms with E-state index in [4.69, 9.17) is 5.11 Å². The van der Waals surface area contributed by atoms with Crippen LogP contribution in [0.15, 0.2) is 0 Å². The highest BCUT2D eigenvalue weighted by Crippen LogP contribution is 2.23. The Morgan fingerprint density at radius 3 is 2.53 bits per heavy atom. The number of sulfonamides is 1.